The Morgan fingerprint density at radius 2 is 1.94 bits per heavy atom. The smallest absolute Gasteiger partial charge is 0.0626 e. The van der Waals surface area contributed by atoms with Gasteiger partial charge in [-0.2, -0.15) is 5.10 Å². The highest BCUT2D eigenvalue weighted by molar-refractivity contribution is 7.99. The zero-order valence-corrected chi connectivity index (χ0v) is 11.8. The van der Waals surface area contributed by atoms with Crippen LogP contribution in [0.5, 0.6) is 0 Å². The van der Waals surface area contributed by atoms with Gasteiger partial charge in [0.1, 0.15) is 0 Å². The van der Waals surface area contributed by atoms with Gasteiger partial charge in [-0.25, -0.2) is 0 Å². The van der Waals surface area contributed by atoms with Crippen molar-refractivity contribution in [3.63, 3.8) is 0 Å². The molecule has 96 valence electrons. The Morgan fingerprint density at radius 3 is 2.44 bits per heavy atom. The van der Waals surface area contributed by atoms with Gasteiger partial charge in [-0.3, -0.25) is 4.68 Å². The third-order valence-electron chi connectivity index (χ3n) is 2.83. The first kappa shape index (κ1) is 13.2. The molecule has 0 saturated heterocycles. The van der Waals surface area contributed by atoms with Crippen LogP contribution in [-0.2, 0) is 7.05 Å². The molecule has 2 aromatic rings. The van der Waals surface area contributed by atoms with Crippen LogP contribution in [0.2, 0.25) is 0 Å². The number of nitrogens with two attached hydrogens (primary N) is 1. The molecule has 0 aliphatic rings. The molecule has 1 aromatic heterocycles. The minimum Gasteiger partial charge on any atom is -0.327 e. The largest absolute Gasteiger partial charge is 0.327 e. The Balaban J connectivity index is 2.20. The Kier molecular flexibility index (Phi) is 4.09. The number of thioether (sulfide) groups is 1. The van der Waals surface area contributed by atoms with Crippen molar-refractivity contribution in [3.8, 4) is 0 Å². The van der Waals surface area contributed by atoms with Crippen LogP contribution in [0.1, 0.15) is 23.3 Å². The summed E-state index contributed by atoms with van der Waals surface area (Å²) in [7, 11) is 1.93. The Bertz CT molecular complexity index is 502. The van der Waals surface area contributed by atoms with E-state index >= 15 is 0 Å². The maximum atomic E-state index is 6.11. The SMILES string of the molecule is Cc1ccc(C(Sc2cnn(C)c2)C(C)N)cc1. The summed E-state index contributed by atoms with van der Waals surface area (Å²) < 4.78 is 1.82. The lowest BCUT2D eigenvalue weighted by Gasteiger charge is -2.20. The number of hydrogen-bond donors (Lipinski definition) is 1. The predicted octanol–water partition coefficient (Wildman–Crippen LogP) is 2.91. The Labute approximate surface area is 112 Å². The van der Waals surface area contributed by atoms with E-state index in [2.05, 4.69) is 36.3 Å². The van der Waals surface area contributed by atoms with Gasteiger partial charge in [0.2, 0.25) is 0 Å². The molecule has 2 N–H and O–H groups in total. The molecule has 0 aliphatic heterocycles. The first-order valence-corrected chi connectivity index (χ1v) is 6.91. The van der Waals surface area contributed by atoms with E-state index in [1.54, 1.807) is 11.8 Å². The average molecular weight is 261 g/mol. The molecular weight excluding hydrogens is 242 g/mol. The quantitative estimate of drug-likeness (QED) is 0.861. The molecule has 2 unspecified atom stereocenters. The van der Waals surface area contributed by atoms with E-state index in [9.17, 15) is 0 Å². The Morgan fingerprint density at radius 1 is 1.28 bits per heavy atom. The van der Waals surface area contributed by atoms with Crippen molar-refractivity contribution >= 4 is 11.8 Å². The molecule has 1 aromatic carbocycles. The van der Waals surface area contributed by atoms with E-state index < -0.39 is 0 Å². The predicted molar refractivity (Wildman–Crippen MR) is 76.6 cm³/mol. The van der Waals surface area contributed by atoms with Crippen molar-refractivity contribution in [2.24, 2.45) is 12.8 Å². The zero-order valence-electron chi connectivity index (χ0n) is 11.0. The lowest BCUT2D eigenvalue weighted by Crippen LogP contribution is -2.22. The minimum atomic E-state index is 0.0953. The first-order chi connectivity index (χ1) is 8.56. The summed E-state index contributed by atoms with van der Waals surface area (Å²) in [6.45, 7) is 4.15. The van der Waals surface area contributed by atoms with Crippen LogP contribution in [0.4, 0.5) is 0 Å². The van der Waals surface area contributed by atoms with Crippen LogP contribution in [0.3, 0.4) is 0 Å². The molecule has 3 nitrogen and oxygen atoms in total. The van der Waals surface area contributed by atoms with Crippen LogP contribution in [0, 0.1) is 6.92 Å². The molecule has 0 aliphatic carbocycles. The molecule has 0 fully saturated rings. The molecule has 0 saturated carbocycles. The number of hydrogen-bond acceptors (Lipinski definition) is 3. The molecule has 0 bridgehead atoms. The summed E-state index contributed by atoms with van der Waals surface area (Å²) >= 11 is 1.77. The highest BCUT2D eigenvalue weighted by atomic mass is 32.2. The van der Waals surface area contributed by atoms with E-state index in [-0.39, 0.29) is 11.3 Å². The summed E-state index contributed by atoms with van der Waals surface area (Å²) in [6, 6.07) is 8.68. The maximum absolute atomic E-state index is 6.11. The van der Waals surface area contributed by atoms with E-state index in [0.29, 0.717) is 0 Å². The standard InChI is InChI=1S/C14H19N3S/c1-10-4-6-12(7-5-10)14(11(2)15)18-13-8-16-17(3)9-13/h4-9,11,14H,15H2,1-3H3. The van der Waals surface area contributed by atoms with Gasteiger partial charge in [0, 0.05) is 29.4 Å². The highest BCUT2D eigenvalue weighted by Crippen LogP contribution is 2.36. The molecule has 2 rings (SSSR count). The minimum absolute atomic E-state index is 0.0953. The second kappa shape index (κ2) is 5.59. The van der Waals surface area contributed by atoms with Gasteiger partial charge in [0.15, 0.2) is 0 Å². The number of nitrogens with zero attached hydrogens (tertiary/aromatic N) is 2. The van der Waals surface area contributed by atoms with Crippen molar-refractivity contribution in [1.29, 1.82) is 0 Å². The van der Waals surface area contributed by atoms with E-state index in [0.717, 1.165) is 4.90 Å². The van der Waals surface area contributed by atoms with Gasteiger partial charge in [0.25, 0.3) is 0 Å². The fourth-order valence-electron chi connectivity index (χ4n) is 1.84. The summed E-state index contributed by atoms with van der Waals surface area (Å²) in [5.41, 5.74) is 8.65. The normalized spacial score (nSPS) is 14.4. The fraction of sp³-hybridized carbons (Fsp3) is 0.357. The summed E-state index contributed by atoms with van der Waals surface area (Å²) in [5.74, 6) is 0. The molecule has 1 heterocycles. The fourth-order valence-corrected chi connectivity index (χ4v) is 2.96. The van der Waals surface area contributed by atoms with Crippen molar-refractivity contribution in [3.05, 3.63) is 47.8 Å². The van der Waals surface area contributed by atoms with Gasteiger partial charge in [0.05, 0.1) is 6.20 Å². The zero-order chi connectivity index (χ0) is 13.1. The average Bonchev–Trinajstić information content (AvgIpc) is 2.73. The van der Waals surface area contributed by atoms with Gasteiger partial charge in [-0.05, 0) is 19.4 Å². The Hall–Kier alpha value is -1.26. The molecule has 18 heavy (non-hydrogen) atoms. The third-order valence-corrected chi connectivity index (χ3v) is 4.27. The molecular formula is C14H19N3S. The van der Waals surface area contributed by atoms with Crippen LogP contribution in [-0.4, -0.2) is 15.8 Å². The molecule has 2 atom stereocenters. The van der Waals surface area contributed by atoms with Gasteiger partial charge >= 0.3 is 0 Å². The van der Waals surface area contributed by atoms with E-state index in [1.807, 2.05) is 31.0 Å². The second-order valence-electron chi connectivity index (χ2n) is 4.66. The summed E-state index contributed by atoms with van der Waals surface area (Å²) in [5, 5.41) is 4.45. The van der Waals surface area contributed by atoms with Gasteiger partial charge in [-0.1, -0.05) is 29.8 Å². The topological polar surface area (TPSA) is 43.8 Å². The van der Waals surface area contributed by atoms with Crippen molar-refractivity contribution in [2.75, 3.05) is 0 Å². The molecule has 0 radical (unpaired) electrons. The van der Waals surface area contributed by atoms with Crippen molar-refractivity contribution < 1.29 is 0 Å². The van der Waals surface area contributed by atoms with E-state index in [4.69, 9.17) is 5.73 Å². The monoisotopic (exact) mass is 261 g/mol. The third kappa shape index (κ3) is 3.15. The van der Waals surface area contributed by atoms with Crippen LogP contribution >= 0.6 is 11.8 Å². The van der Waals surface area contributed by atoms with E-state index in [1.165, 1.54) is 11.1 Å². The number of benzene rings is 1. The number of rotatable bonds is 4. The number of aryl methyl sites for hydroxylation is 2. The van der Waals surface area contributed by atoms with Crippen LogP contribution in [0.15, 0.2) is 41.6 Å². The summed E-state index contributed by atoms with van der Waals surface area (Å²) in [4.78, 5) is 1.15. The lowest BCUT2D eigenvalue weighted by atomic mass is 10.1. The second-order valence-corrected chi connectivity index (χ2v) is 5.87. The van der Waals surface area contributed by atoms with Crippen LogP contribution in [0.25, 0.3) is 0 Å². The maximum Gasteiger partial charge on any atom is 0.0626 e. The van der Waals surface area contributed by atoms with Gasteiger partial charge < -0.3 is 5.73 Å². The summed E-state index contributed by atoms with van der Waals surface area (Å²) in [6.07, 6.45) is 3.91. The lowest BCUT2D eigenvalue weighted by molar-refractivity contribution is 0.721. The molecule has 0 spiro atoms. The molecule has 0 amide bonds. The van der Waals surface area contributed by atoms with Crippen molar-refractivity contribution in [1.82, 2.24) is 9.78 Å². The van der Waals surface area contributed by atoms with Gasteiger partial charge in [-0.15, -0.1) is 11.8 Å². The molecule has 4 heteroatoms. The van der Waals surface area contributed by atoms with Crippen LogP contribution < -0.4 is 5.73 Å². The number of aromatic nitrogens is 2. The highest BCUT2D eigenvalue weighted by Gasteiger charge is 2.18. The van der Waals surface area contributed by atoms with Crippen molar-refractivity contribution in [2.45, 2.75) is 30.0 Å². The first-order valence-electron chi connectivity index (χ1n) is 6.03.